The Balaban J connectivity index is 2.06. The van der Waals surface area contributed by atoms with Crippen LogP contribution in [0.4, 0.5) is 0 Å². The number of benzene rings is 1. The summed E-state index contributed by atoms with van der Waals surface area (Å²) in [5.41, 5.74) is 2.68. The zero-order valence-corrected chi connectivity index (χ0v) is 11.5. The largest absolute Gasteiger partial charge is 0.445 e. The van der Waals surface area contributed by atoms with Crippen molar-refractivity contribution in [1.29, 1.82) is 0 Å². The van der Waals surface area contributed by atoms with Crippen LogP contribution in [-0.4, -0.2) is 14.5 Å². The maximum atomic E-state index is 5.78. The summed E-state index contributed by atoms with van der Waals surface area (Å²) in [5.74, 6) is 2.42. The van der Waals surface area contributed by atoms with Gasteiger partial charge in [0.1, 0.15) is 17.1 Å². The SMILES string of the molecule is Cc1ccc(-n2c(-c3ccccc3)nc3cccnc32)o1. The average molecular weight is 275 g/mol. The second kappa shape index (κ2) is 4.59. The Morgan fingerprint density at radius 2 is 1.81 bits per heavy atom. The average Bonchev–Trinajstić information content (AvgIpc) is 3.11. The van der Waals surface area contributed by atoms with Gasteiger partial charge >= 0.3 is 0 Å². The summed E-state index contributed by atoms with van der Waals surface area (Å²) in [6, 6.07) is 17.8. The molecule has 0 saturated carbocycles. The minimum absolute atomic E-state index is 0.729. The summed E-state index contributed by atoms with van der Waals surface area (Å²) in [7, 11) is 0. The van der Waals surface area contributed by atoms with Crippen molar-refractivity contribution in [3.05, 3.63) is 66.6 Å². The van der Waals surface area contributed by atoms with E-state index in [1.54, 1.807) is 6.20 Å². The van der Waals surface area contributed by atoms with Crippen molar-refractivity contribution in [2.45, 2.75) is 6.92 Å². The van der Waals surface area contributed by atoms with Crippen LogP contribution >= 0.6 is 0 Å². The lowest BCUT2D eigenvalue weighted by Crippen LogP contribution is -1.96. The van der Waals surface area contributed by atoms with Crippen LogP contribution in [0.25, 0.3) is 28.4 Å². The van der Waals surface area contributed by atoms with E-state index in [1.807, 2.05) is 66.1 Å². The van der Waals surface area contributed by atoms with Crippen molar-refractivity contribution >= 4 is 11.2 Å². The molecule has 0 aliphatic heterocycles. The van der Waals surface area contributed by atoms with Crippen LogP contribution in [-0.2, 0) is 0 Å². The first-order chi connectivity index (χ1) is 10.3. The van der Waals surface area contributed by atoms with Crippen LogP contribution in [0.1, 0.15) is 5.76 Å². The predicted octanol–water partition coefficient (Wildman–Crippen LogP) is 3.99. The fourth-order valence-electron chi connectivity index (χ4n) is 2.44. The molecule has 0 saturated heterocycles. The molecule has 0 N–H and O–H groups in total. The number of nitrogens with zero attached hydrogens (tertiary/aromatic N) is 3. The van der Waals surface area contributed by atoms with Gasteiger partial charge in [-0.1, -0.05) is 30.3 Å². The molecule has 0 atom stereocenters. The summed E-state index contributed by atoms with van der Waals surface area (Å²) in [6.07, 6.45) is 1.77. The van der Waals surface area contributed by atoms with Crippen molar-refractivity contribution < 1.29 is 4.42 Å². The van der Waals surface area contributed by atoms with Gasteiger partial charge < -0.3 is 4.42 Å². The van der Waals surface area contributed by atoms with Crippen LogP contribution in [0.15, 0.2) is 65.2 Å². The van der Waals surface area contributed by atoms with Crippen LogP contribution in [0, 0.1) is 6.92 Å². The molecular formula is C17H13N3O. The Bertz CT molecular complexity index is 906. The maximum Gasteiger partial charge on any atom is 0.207 e. The molecule has 102 valence electrons. The van der Waals surface area contributed by atoms with E-state index in [-0.39, 0.29) is 0 Å². The minimum Gasteiger partial charge on any atom is -0.445 e. The Kier molecular flexibility index (Phi) is 2.60. The number of furan rings is 1. The first kappa shape index (κ1) is 11.9. The van der Waals surface area contributed by atoms with E-state index in [0.29, 0.717) is 0 Å². The molecule has 0 fully saturated rings. The van der Waals surface area contributed by atoms with Gasteiger partial charge in [-0.3, -0.25) is 0 Å². The third-order valence-electron chi connectivity index (χ3n) is 3.39. The van der Waals surface area contributed by atoms with E-state index < -0.39 is 0 Å². The number of aromatic nitrogens is 3. The molecule has 0 aliphatic carbocycles. The second-order valence-corrected chi connectivity index (χ2v) is 4.87. The highest BCUT2D eigenvalue weighted by Crippen LogP contribution is 2.28. The van der Waals surface area contributed by atoms with Crippen LogP contribution in [0.3, 0.4) is 0 Å². The van der Waals surface area contributed by atoms with Gasteiger partial charge in [0.2, 0.25) is 5.88 Å². The molecule has 4 nitrogen and oxygen atoms in total. The number of hydrogen-bond donors (Lipinski definition) is 0. The van der Waals surface area contributed by atoms with Crippen molar-refractivity contribution in [2.24, 2.45) is 0 Å². The molecule has 0 amide bonds. The van der Waals surface area contributed by atoms with E-state index in [4.69, 9.17) is 9.40 Å². The molecule has 0 radical (unpaired) electrons. The molecule has 0 spiro atoms. The molecular weight excluding hydrogens is 262 g/mol. The first-order valence-corrected chi connectivity index (χ1v) is 6.78. The van der Waals surface area contributed by atoms with E-state index in [0.717, 1.165) is 34.2 Å². The van der Waals surface area contributed by atoms with Gasteiger partial charge in [-0.05, 0) is 25.1 Å². The fourth-order valence-corrected chi connectivity index (χ4v) is 2.44. The summed E-state index contributed by atoms with van der Waals surface area (Å²) in [4.78, 5) is 9.16. The topological polar surface area (TPSA) is 43.9 Å². The lowest BCUT2D eigenvalue weighted by molar-refractivity contribution is 0.514. The molecule has 0 aliphatic rings. The highest BCUT2D eigenvalue weighted by Gasteiger charge is 2.16. The van der Waals surface area contributed by atoms with E-state index in [9.17, 15) is 0 Å². The van der Waals surface area contributed by atoms with Gasteiger partial charge in [0, 0.05) is 17.8 Å². The molecule has 3 aromatic heterocycles. The van der Waals surface area contributed by atoms with Crippen molar-refractivity contribution in [3.63, 3.8) is 0 Å². The molecule has 4 aromatic rings. The second-order valence-electron chi connectivity index (χ2n) is 4.87. The van der Waals surface area contributed by atoms with E-state index >= 15 is 0 Å². The highest BCUT2D eigenvalue weighted by molar-refractivity contribution is 5.79. The van der Waals surface area contributed by atoms with Gasteiger partial charge in [0.15, 0.2) is 5.65 Å². The van der Waals surface area contributed by atoms with Crippen LogP contribution in [0.5, 0.6) is 0 Å². The summed E-state index contributed by atoms with van der Waals surface area (Å²) >= 11 is 0. The van der Waals surface area contributed by atoms with Crippen LogP contribution < -0.4 is 0 Å². The Labute approximate surface area is 121 Å². The summed E-state index contributed by atoms with van der Waals surface area (Å²) in [5, 5.41) is 0. The predicted molar refractivity (Wildman–Crippen MR) is 81.3 cm³/mol. The molecule has 3 heterocycles. The highest BCUT2D eigenvalue weighted by atomic mass is 16.4. The standard InChI is InChI=1S/C17H13N3O/c1-12-9-10-15(21-12)20-16(13-6-3-2-4-7-13)19-14-8-5-11-18-17(14)20/h2-11H,1H3. The molecule has 4 rings (SSSR count). The lowest BCUT2D eigenvalue weighted by atomic mass is 10.2. The quantitative estimate of drug-likeness (QED) is 0.555. The summed E-state index contributed by atoms with van der Waals surface area (Å²) < 4.78 is 7.74. The molecule has 21 heavy (non-hydrogen) atoms. The monoisotopic (exact) mass is 275 g/mol. The third kappa shape index (κ3) is 1.92. The van der Waals surface area contributed by atoms with Gasteiger partial charge in [-0.2, -0.15) is 0 Å². The Hall–Kier alpha value is -2.88. The molecule has 4 heteroatoms. The van der Waals surface area contributed by atoms with Gasteiger partial charge in [0.05, 0.1) is 0 Å². The lowest BCUT2D eigenvalue weighted by Gasteiger charge is -2.05. The minimum atomic E-state index is 0.729. The number of hydrogen-bond acceptors (Lipinski definition) is 3. The molecule has 0 bridgehead atoms. The van der Waals surface area contributed by atoms with Crippen molar-refractivity contribution in [2.75, 3.05) is 0 Å². The fraction of sp³-hybridized carbons (Fsp3) is 0.0588. The third-order valence-corrected chi connectivity index (χ3v) is 3.39. The molecule has 1 aromatic carbocycles. The molecule has 0 unspecified atom stereocenters. The van der Waals surface area contributed by atoms with Crippen LogP contribution in [0.2, 0.25) is 0 Å². The smallest absolute Gasteiger partial charge is 0.207 e. The normalized spacial score (nSPS) is 11.1. The maximum absolute atomic E-state index is 5.78. The van der Waals surface area contributed by atoms with Gasteiger partial charge in [0.25, 0.3) is 0 Å². The first-order valence-electron chi connectivity index (χ1n) is 6.78. The summed E-state index contributed by atoms with van der Waals surface area (Å²) in [6.45, 7) is 1.93. The van der Waals surface area contributed by atoms with Gasteiger partial charge in [-0.25, -0.2) is 14.5 Å². The zero-order valence-electron chi connectivity index (χ0n) is 11.5. The Morgan fingerprint density at radius 3 is 2.57 bits per heavy atom. The van der Waals surface area contributed by atoms with E-state index in [2.05, 4.69) is 4.98 Å². The van der Waals surface area contributed by atoms with Gasteiger partial charge in [-0.15, -0.1) is 0 Å². The zero-order chi connectivity index (χ0) is 14.2. The van der Waals surface area contributed by atoms with E-state index in [1.165, 1.54) is 0 Å². The number of pyridine rings is 1. The van der Waals surface area contributed by atoms with Crippen molar-refractivity contribution in [1.82, 2.24) is 14.5 Å². The number of rotatable bonds is 2. The Morgan fingerprint density at radius 1 is 0.952 bits per heavy atom. The number of aryl methyl sites for hydroxylation is 1. The van der Waals surface area contributed by atoms with Crippen molar-refractivity contribution in [3.8, 4) is 17.3 Å². The number of imidazole rings is 1. The number of fused-ring (bicyclic) bond motifs is 1.